The van der Waals surface area contributed by atoms with Crippen LogP contribution in [0.2, 0.25) is 0 Å². The first-order chi connectivity index (χ1) is 22.3. The molecule has 1 aliphatic rings. The van der Waals surface area contributed by atoms with Gasteiger partial charge in [-0.1, -0.05) is 24.3 Å². The van der Waals surface area contributed by atoms with Crippen molar-refractivity contribution >= 4 is 44.8 Å². The molecule has 0 bridgehead atoms. The minimum absolute atomic E-state index is 0.0696. The van der Waals surface area contributed by atoms with E-state index in [9.17, 15) is 27.5 Å². The quantitative estimate of drug-likeness (QED) is 0.120. The average Bonchev–Trinajstić information content (AvgIpc) is 3.47. The van der Waals surface area contributed by atoms with Crippen molar-refractivity contribution in [2.24, 2.45) is 5.73 Å². The molecule has 10 nitrogen and oxygen atoms in total. The molecule has 246 valence electrons. The number of quaternary nitrogens is 1. The lowest BCUT2D eigenvalue weighted by atomic mass is 10.0. The van der Waals surface area contributed by atoms with Crippen LogP contribution in [0.4, 0.5) is 14.9 Å². The highest BCUT2D eigenvalue weighted by atomic mass is 32.3. The summed E-state index contributed by atoms with van der Waals surface area (Å²) in [6, 6.07) is 18.5. The summed E-state index contributed by atoms with van der Waals surface area (Å²) >= 11 is 1.07. The third-order valence-electron chi connectivity index (χ3n) is 8.03. The summed E-state index contributed by atoms with van der Waals surface area (Å²) in [5.74, 6) is -0.872. The van der Waals surface area contributed by atoms with Crippen molar-refractivity contribution < 1.29 is 40.7 Å². The minimum atomic E-state index is -4.01. The van der Waals surface area contributed by atoms with Crippen molar-refractivity contribution in [3.8, 4) is 11.5 Å². The number of rotatable bonds is 10. The predicted octanol–water partition coefficient (Wildman–Crippen LogP) is 5.19. The average molecular weight is 681 g/mol. The molecule has 1 fully saturated rings. The van der Waals surface area contributed by atoms with Crippen LogP contribution in [0.5, 0.6) is 11.5 Å². The van der Waals surface area contributed by atoms with Gasteiger partial charge in [-0.05, 0) is 78.0 Å². The van der Waals surface area contributed by atoms with E-state index in [0.717, 1.165) is 41.1 Å². The molecule has 47 heavy (non-hydrogen) atoms. The Morgan fingerprint density at radius 3 is 2.34 bits per heavy atom. The molecular formula is C34H37FN4O6S2+2. The zero-order valence-corrected chi connectivity index (χ0v) is 27.7. The molecule has 1 unspecified atom stereocenters. The van der Waals surface area contributed by atoms with Crippen LogP contribution in [0, 0.1) is 12.7 Å². The van der Waals surface area contributed by atoms with Gasteiger partial charge in [0.05, 0.1) is 13.6 Å². The number of hydrogen-bond donors (Lipinski definition) is 3. The van der Waals surface area contributed by atoms with Crippen molar-refractivity contribution in [3.05, 3.63) is 107 Å². The third-order valence-corrected chi connectivity index (χ3v) is 10.8. The summed E-state index contributed by atoms with van der Waals surface area (Å²) in [6.45, 7) is 3.64. The number of nitrogens with one attached hydrogen (secondary N) is 1. The van der Waals surface area contributed by atoms with E-state index in [1.165, 1.54) is 59.2 Å². The van der Waals surface area contributed by atoms with Gasteiger partial charge in [0.25, 0.3) is 5.91 Å². The summed E-state index contributed by atoms with van der Waals surface area (Å²) in [4.78, 5) is 27.1. The number of anilines is 1. The molecule has 0 saturated carbocycles. The van der Waals surface area contributed by atoms with Crippen molar-refractivity contribution in [2.75, 3.05) is 25.5 Å². The standard InChI is InChI=1S/C34H35FN4O6S2/c1-23-18-32(46-22-23)47(43,44)45-30-15-11-27(12-16-30)37-34(42)38(31(33(36)41)19-24-7-13-29(40)14-8-24)28-4-3-17-39(2,21-28)20-25-5-9-26(35)10-6-25/h5-16,18,22,31H,3-4,17,19-21H2,1-2H3,(H2-2,36,37,40,41,42)/p+2/b38-28+/t31-,39?/m0/s1. The largest absolute Gasteiger partial charge is 0.508 e. The van der Waals surface area contributed by atoms with Crippen LogP contribution >= 0.6 is 11.3 Å². The molecule has 0 radical (unpaired) electrons. The fourth-order valence-electron chi connectivity index (χ4n) is 5.79. The topological polar surface area (TPSA) is 139 Å². The Hall–Kier alpha value is -4.59. The molecule has 1 aromatic heterocycles. The van der Waals surface area contributed by atoms with Crippen LogP contribution < -0.4 is 15.2 Å². The van der Waals surface area contributed by atoms with E-state index >= 15 is 0 Å². The molecule has 2 atom stereocenters. The summed E-state index contributed by atoms with van der Waals surface area (Å²) < 4.78 is 46.2. The van der Waals surface area contributed by atoms with Gasteiger partial charge in [0.15, 0.2) is 10.3 Å². The second kappa shape index (κ2) is 14.0. The number of halogens is 1. The maximum Gasteiger partial charge on any atom is 0.496 e. The third kappa shape index (κ3) is 8.61. The van der Waals surface area contributed by atoms with Crippen LogP contribution in [-0.2, 0) is 27.9 Å². The van der Waals surface area contributed by atoms with E-state index in [1.54, 1.807) is 36.6 Å². The van der Waals surface area contributed by atoms with E-state index in [1.807, 2.05) is 0 Å². The zero-order chi connectivity index (χ0) is 33.8. The Morgan fingerprint density at radius 2 is 1.72 bits per heavy atom. The summed E-state index contributed by atoms with van der Waals surface area (Å²) in [6.07, 6.45) is 1.41. The highest BCUT2D eigenvalue weighted by Gasteiger charge is 2.39. The first-order valence-corrected chi connectivity index (χ1v) is 17.3. The monoisotopic (exact) mass is 680 g/mol. The number of nitrogens with two attached hydrogens (primary N) is 1. The van der Waals surface area contributed by atoms with Gasteiger partial charge in [0.2, 0.25) is 0 Å². The van der Waals surface area contributed by atoms with Gasteiger partial charge in [-0.25, -0.2) is 9.71 Å². The van der Waals surface area contributed by atoms with Gasteiger partial charge in [0.1, 0.15) is 41.8 Å². The van der Waals surface area contributed by atoms with Gasteiger partial charge >= 0.3 is 16.1 Å². The van der Waals surface area contributed by atoms with Crippen LogP contribution in [0.1, 0.15) is 29.5 Å². The number of hydrogen-bond acceptors (Lipinski definition) is 7. The number of thiophene rings is 1. The van der Waals surface area contributed by atoms with E-state index in [4.69, 9.17) is 9.92 Å². The van der Waals surface area contributed by atoms with Gasteiger partial charge in [-0.15, -0.1) is 11.3 Å². The molecule has 5 rings (SSSR count). The van der Waals surface area contributed by atoms with Gasteiger partial charge in [0, 0.05) is 24.8 Å². The molecule has 1 aliphatic heterocycles. The predicted molar refractivity (Wildman–Crippen MR) is 178 cm³/mol. The zero-order valence-electron chi connectivity index (χ0n) is 26.1. The lowest BCUT2D eigenvalue weighted by molar-refractivity contribution is -0.918. The second-order valence-electron chi connectivity index (χ2n) is 12.0. The number of aryl methyl sites for hydroxylation is 1. The fourth-order valence-corrected chi connectivity index (χ4v) is 7.91. The number of carbonyl (C=O) groups is 2. The molecule has 0 aliphatic carbocycles. The van der Waals surface area contributed by atoms with E-state index in [2.05, 4.69) is 12.4 Å². The van der Waals surface area contributed by atoms with Crippen molar-refractivity contribution in [2.45, 2.75) is 43.0 Å². The Bertz CT molecular complexity index is 1890. The Morgan fingerprint density at radius 1 is 1.06 bits per heavy atom. The smallest absolute Gasteiger partial charge is 0.496 e. The number of piperidine rings is 1. The fraction of sp³-hybridized carbons (Fsp3) is 0.265. The molecule has 0 spiro atoms. The first kappa shape index (κ1) is 33.8. The maximum atomic E-state index is 14.1. The number of aromatic hydroxyl groups is 1. The van der Waals surface area contributed by atoms with Crippen LogP contribution in [0.25, 0.3) is 0 Å². The molecule has 3 aromatic carbocycles. The van der Waals surface area contributed by atoms with Crippen LogP contribution in [0.15, 0.2) is 88.5 Å². The molecule has 1 saturated heterocycles. The number of carbonyl (C=O) groups excluding carboxylic acids is 2. The molecule has 13 heteroatoms. The van der Waals surface area contributed by atoms with Crippen molar-refractivity contribution in [3.63, 3.8) is 0 Å². The molecule has 4 N–H and O–H groups in total. The first-order valence-electron chi connectivity index (χ1n) is 15.0. The van der Waals surface area contributed by atoms with Crippen molar-refractivity contribution in [1.82, 2.24) is 0 Å². The number of amides is 3. The number of phenolic OH excluding ortho intramolecular Hbond substituents is 1. The second-order valence-corrected chi connectivity index (χ2v) is 14.7. The van der Waals surface area contributed by atoms with Gasteiger partial charge < -0.3 is 19.5 Å². The Labute approximate surface area is 277 Å². The molecular weight excluding hydrogens is 644 g/mol. The van der Waals surface area contributed by atoms with Gasteiger partial charge in [-0.2, -0.15) is 17.8 Å². The molecule has 2 heterocycles. The maximum absolute atomic E-state index is 14.1. The number of primary amides is 1. The van der Waals surface area contributed by atoms with E-state index < -0.39 is 28.1 Å². The lowest BCUT2D eigenvalue weighted by Crippen LogP contribution is -2.56. The number of likely N-dealkylation sites (tertiary alicyclic amines) is 1. The van der Waals surface area contributed by atoms with E-state index in [-0.39, 0.29) is 27.9 Å². The van der Waals surface area contributed by atoms with Crippen LogP contribution in [-0.4, -0.2) is 66.4 Å². The summed E-state index contributed by atoms with van der Waals surface area (Å²) in [5, 5.41) is 14.3. The summed E-state index contributed by atoms with van der Waals surface area (Å²) in [7, 11) is -1.96. The summed E-state index contributed by atoms with van der Waals surface area (Å²) in [5.41, 5.74) is 9.48. The minimum Gasteiger partial charge on any atom is -0.508 e. The van der Waals surface area contributed by atoms with Crippen LogP contribution in [0.3, 0.4) is 0 Å². The Kier molecular flexibility index (Phi) is 10.1. The Balaban J connectivity index is 1.44. The highest BCUT2D eigenvalue weighted by Crippen LogP contribution is 2.26. The number of phenols is 1. The SMILES string of the molecule is Cc1csc(S(=O)(=O)Oc2ccc(NC(=O)/[N+](=C3\CCC[N+](C)(Cc4ccc(F)cc4)C3)[C@@H](Cc3ccc(O)cc3)C(N)=O)cc2)c1. The van der Waals surface area contributed by atoms with Gasteiger partial charge in [-0.3, -0.25) is 4.79 Å². The highest BCUT2D eigenvalue weighted by molar-refractivity contribution is 7.89. The lowest BCUT2D eigenvalue weighted by Gasteiger charge is -2.38. The van der Waals surface area contributed by atoms with Crippen molar-refractivity contribution in [1.29, 1.82) is 0 Å². The number of urea groups is 1. The molecule has 3 amide bonds. The number of benzene rings is 3. The molecule has 4 aromatic rings. The van der Waals surface area contributed by atoms with E-state index in [0.29, 0.717) is 35.2 Å². The normalized spacial score (nSPS) is 18.3. The number of nitrogens with zero attached hydrogens (tertiary/aromatic N) is 2.